The second-order valence-corrected chi connectivity index (χ2v) is 22.6. The Morgan fingerprint density at radius 2 is 1.73 bits per heavy atom. The van der Waals surface area contributed by atoms with Gasteiger partial charge in [0, 0.05) is 118 Å². The predicted octanol–water partition coefficient (Wildman–Crippen LogP) is 5.28. The zero-order valence-electron chi connectivity index (χ0n) is 43.0. The maximum atomic E-state index is 15.0. The number of carbonyl (C=O) groups is 3. The second-order valence-electron chi connectivity index (χ2n) is 21.7. The molecule has 7 aliphatic rings. The molecule has 6 bridgehead atoms. The number of nitrogens with one attached hydrogen (secondary N) is 2. The van der Waals surface area contributed by atoms with Crippen molar-refractivity contribution in [1.82, 2.24) is 40.1 Å². The Balaban J connectivity index is 1.06. The van der Waals surface area contributed by atoms with E-state index in [1.165, 1.54) is 29.2 Å². The van der Waals surface area contributed by atoms with Crippen molar-refractivity contribution in [2.75, 3.05) is 104 Å². The summed E-state index contributed by atoms with van der Waals surface area (Å²) in [5.74, 6) is -1.11. The van der Waals surface area contributed by atoms with Gasteiger partial charge in [0.1, 0.15) is 23.2 Å². The maximum Gasteiger partial charge on any atom is 0.324 e. The minimum Gasteiger partial charge on any atom is -0.464 e. The Morgan fingerprint density at radius 1 is 0.945 bits per heavy atom. The minimum absolute atomic E-state index is 0.124. The largest absolute Gasteiger partial charge is 0.464 e. The zero-order chi connectivity index (χ0) is 50.2. The van der Waals surface area contributed by atoms with E-state index in [-0.39, 0.29) is 30.6 Å². The number of benzene rings is 1. The average molecular weight is 1020 g/mol. The first-order valence-corrected chi connectivity index (χ1v) is 27.7. The summed E-state index contributed by atoms with van der Waals surface area (Å²) in [6, 6.07) is 7.22. The summed E-state index contributed by atoms with van der Waals surface area (Å²) in [6.45, 7) is 15.8. The summed E-state index contributed by atoms with van der Waals surface area (Å²) in [4.78, 5) is 61.1. The number of carbonyl (C=O) groups excluding carboxylic acids is 3. The molecule has 6 fully saturated rings. The number of ether oxygens (including phenoxy) is 6. The van der Waals surface area contributed by atoms with Gasteiger partial charge in [0.05, 0.1) is 80.3 Å². The molecule has 394 valence electrons. The maximum absolute atomic E-state index is 15.0. The molecule has 73 heavy (non-hydrogen) atoms. The van der Waals surface area contributed by atoms with Crippen LogP contribution in [0.5, 0.6) is 0 Å². The number of esters is 1. The third-order valence-corrected chi connectivity index (χ3v) is 16.9. The van der Waals surface area contributed by atoms with E-state index in [1.807, 2.05) is 6.20 Å². The number of amides is 2. The lowest BCUT2D eigenvalue weighted by molar-refractivity contribution is -0.158. The number of pyridine rings is 1. The minimum atomic E-state index is -1.04. The van der Waals surface area contributed by atoms with Crippen molar-refractivity contribution >= 4 is 45.7 Å². The second kappa shape index (κ2) is 22.0. The highest BCUT2D eigenvalue weighted by Crippen LogP contribution is 2.44. The third-order valence-electron chi connectivity index (χ3n) is 16.0. The van der Waals surface area contributed by atoms with Gasteiger partial charge in [0.2, 0.25) is 5.91 Å². The summed E-state index contributed by atoms with van der Waals surface area (Å²) in [5, 5.41) is 8.46. The van der Waals surface area contributed by atoms with Crippen molar-refractivity contribution in [3.05, 3.63) is 52.1 Å². The molecule has 18 nitrogen and oxygen atoms in total. The van der Waals surface area contributed by atoms with Crippen LogP contribution in [0.2, 0.25) is 0 Å². The van der Waals surface area contributed by atoms with E-state index in [2.05, 4.69) is 80.4 Å². The molecule has 9 heterocycles. The van der Waals surface area contributed by atoms with Crippen LogP contribution in [0.15, 0.2) is 35.8 Å². The number of anilines is 1. The van der Waals surface area contributed by atoms with Gasteiger partial charge in [-0.3, -0.25) is 34.2 Å². The standard InChI is InChI=1S/C54H73N9O9S/c1-34(67-4)46-40(29-37(31-55-46)60-17-15-59(16-18-60)36-8-9-36)48-41-30-54(2,3)33-72-53(66)42-6-5-14-63(58-42)52(65)47(57-50(64)45-13-24-71-45)49(61-19-25-69-26-20-61)51-56-43(32-73-51)35-7-10-44(39(41)28-35)62(48)21-27-70-38-11-22-68-23-12-38/h7,10,28-29,31-32,34,36,38,42,45,47,49,58H,5-6,8-9,11-27,30,33H2,1-4H3,(H,57,64)/t34-,42-,45-,47-,49-/m0/s1. The Kier molecular flexibility index (Phi) is 15.2. The van der Waals surface area contributed by atoms with Crippen LogP contribution in [0.1, 0.15) is 94.1 Å². The molecule has 1 aromatic carbocycles. The van der Waals surface area contributed by atoms with Gasteiger partial charge in [-0.1, -0.05) is 19.9 Å². The van der Waals surface area contributed by atoms with Crippen molar-refractivity contribution < 1.29 is 42.8 Å². The summed E-state index contributed by atoms with van der Waals surface area (Å²) in [7, 11) is 1.74. The first-order chi connectivity index (χ1) is 35.5. The lowest BCUT2D eigenvalue weighted by atomic mass is 9.84. The molecule has 1 saturated carbocycles. The van der Waals surface area contributed by atoms with Crippen molar-refractivity contribution in [3.63, 3.8) is 0 Å². The number of methoxy groups -OCH3 is 1. The van der Waals surface area contributed by atoms with Gasteiger partial charge in [-0.15, -0.1) is 11.3 Å². The van der Waals surface area contributed by atoms with Gasteiger partial charge in [-0.05, 0) is 75.6 Å². The van der Waals surface area contributed by atoms with E-state index in [0.29, 0.717) is 96.5 Å². The molecule has 6 aliphatic heterocycles. The number of fused-ring (bicyclic) bond motifs is 6. The molecule has 0 spiro atoms. The smallest absolute Gasteiger partial charge is 0.324 e. The number of hydrogen-bond donors (Lipinski definition) is 2. The first kappa shape index (κ1) is 50.6. The summed E-state index contributed by atoms with van der Waals surface area (Å²) < 4.78 is 38.6. The topological polar surface area (TPSA) is 174 Å². The molecule has 11 rings (SSSR count). The summed E-state index contributed by atoms with van der Waals surface area (Å²) in [6.07, 6.45) is 7.72. The molecule has 5 saturated heterocycles. The number of morpholine rings is 1. The number of hydrazine groups is 1. The predicted molar refractivity (Wildman–Crippen MR) is 276 cm³/mol. The van der Waals surface area contributed by atoms with E-state index in [4.69, 9.17) is 38.4 Å². The van der Waals surface area contributed by atoms with Crippen LogP contribution in [0.25, 0.3) is 33.4 Å². The Morgan fingerprint density at radius 3 is 2.47 bits per heavy atom. The molecule has 2 amide bonds. The van der Waals surface area contributed by atoms with Crippen molar-refractivity contribution in [2.24, 2.45) is 5.41 Å². The Bertz CT molecular complexity index is 2610. The number of hydrogen-bond acceptors (Lipinski definition) is 16. The fourth-order valence-corrected chi connectivity index (χ4v) is 12.6. The van der Waals surface area contributed by atoms with Crippen LogP contribution in [-0.4, -0.2) is 177 Å². The fourth-order valence-electron chi connectivity index (χ4n) is 11.6. The number of piperazine rings is 1. The number of cyclic esters (lactones) is 1. The van der Waals surface area contributed by atoms with Crippen molar-refractivity contribution in [1.29, 1.82) is 0 Å². The molecule has 19 heteroatoms. The molecule has 5 atom stereocenters. The zero-order valence-corrected chi connectivity index (χ0v) is 43.8. The fraction of sp³-hybridized carbons (Fsp3) is 0.648. The van der Waals surface area contributed by atoms with Crippen LogP contribution in [0.4, 0.5) is 5.69 Å². The van der Waals surface area contributed by atoms with Gasteiger partial charge >= 0.3 is 5.97 Å². The lowest BCUT2D eigenvalue weighted by Crippen LogP contribution is -2.64. The third kappa shape index (κ3) is 10.9. The Hall–Kier alpha value is -4.57. The van der Waals surface area contributed by atoms with Crippen molar-refractivity contribution in [3.8, 4) is 22.5 Å². The van der Waals surface area contributed by atoms with E-state index in [9.17, 15) is 9.59 Å². The molecule has 2 N–H and O–H groups in total. The van der Waals surface area contributed by atoms with E-state index in [0.717, 1.165) is 95.4 Å². The first-order valence-electron chi connectivity index (χ1n) is 26.8. The van der Waals surface area contributed by atoms with Gasteiger partial charge in [-0.2, -0.15) is 0 Å². The monoisotopic (exact) mass is 1020 g/mol. The van der Waals surface area contributed by atoms with E-state index in [1.54, 1.807) is 7.11 Å². The van der Waals surface area contributed by atoms with Crippen LogP contribution in [-0.2, 0) is 55.8 Å². The molecule has 1 aliphatic carbocycles. The van der Waals surface area contributed by atoms with Crippen molar-refractivity contribution in [2.45, 2.75) is 121 Å². The number of thiazole rings is 1. The molecule has 4 aromatic rings. The SMILES string of the molecule is CO[C@@H](C)c1ncc(N2CCN(C3CC3)CC2)cc1-c1c2c3cc(ccc3n1CCOC1CCOCC1)-c1csc(n1)[C@@H](N1CCOCC1)[C@H](NC(=O)[C@@H]1CCO1)C(=O)N1CCC[C@H](N1)C(=O)OCC(C)(C)C2. The van der Waals surface area contributed by atoms with Gasteiger partial charge in [0.15, 0.2) is 0 Å². The number of rotatable bonds is 12. The molecule has 0 radical (unpaired) electrons. The van der Waals surface area contributed by atoms with E-state index >= 15 is 4.79 Å². The molecule has 0 unspecified atom stereocenters. The Labute approximate surface area is 432 Å². The van der Waals surface area contributed by atoms with Crippen LogP contribution < -0.4 is 15.6 Å². The molecular formula is C54H73N9O9S. The normalized spacial score (nSPS) is 26.3. The summed E-state index contributed by atoms with van der Waals surface area (Å²) in [5.41, 5.74) is 10.5. The number of nitrogens with zero attached hydrogens (tertiary/aromatic N) is 7. The van der Waals surface area contributed by atoms with Crippen LogP contribution in [0.3, 0.4) is 0 Å². The molecule has 3 aromatic heterocycles. The highest BCUT2D eigenvalue weighted by atomic mass is 32.1. The quantitative estimate of drug-likeness (QED) is 0.175. The van der Waals surface area contributed by atoms with E-state index < -0.39 is 35.6 Å². The summed E-state index contributed by atoms with van der Waals surface area (Å²) >= 11 is 1.48. The van der Waals surface area contributed by atoms with Gasteiger partial charge in [-0.25, -0.2) is 10.4 Å². The van der Waals surface area contributed by atoms with Gasteiger partial charge < -0.3 is 43.2 Å². The van der Waals surface area contributed by atoms with Crippen LogP contribution in [0, 0.1) is 5.41 Å². The highest BCUT2D eigenvalue weighted by Gasteiger charge is 2.44. The highest BCUT2D eigenvalue weighted by molar-refractivity contribution is 7.10. The van der Waals surface area contributed by atoms with Gasteiger partial charge in [0.25, 0.3) is 5.91 Å². The number of aromatic nitrogens is 3. The molecular weight excluding hydrogens is 951 g/mol. The lowest BCUT2D eigenvalue weighted by Gasteiger charge is -2.41. The average Bonchev–Trinajstić information content (AvgIpc) is 4.07. The van der Waals surface area contributed by atoms with Crippen LogP contribution >= 0.6 is 11.3 Å².